The largest absolute Gasteiger partial charge is 0.439 e. The summed E-state index contributed by atoms with van der Waals surface area (Å²) in [6.07, 6.45) is 2.17. The number of nitrogens with one attached hydrogen (secondary N) is 1. The highest BCUT2D eigenvalue weighted by atomic mass is 32.2. The molecule has 1 N–H and O–H groups in total. The first-order valence-corrected chi connectivity index (χ1v) is 11.7. The Labute approximate surface area is 175 Å². The van der Waals surface area contributed by atoms with Crippen molar-refractivity contribution in [3.05, 3.63) is 54.2 Å². The molecule has 0 unspecified atom stereocenters. The van der Waals surface area contributed by atoms with Crippen LogP contribution < -0.4 is 10.1 Å². The van der Waals surface area contributed by atoms with Gasteiger partial charge < -0.3 is 15.0 Å². The Morgan fingerprint density at radius 1 is 1.23 bits per heavy atom. The van der Waals surface area contributed by atoms with Crippen LogP contribution >= 0.6 is 0 Å². The monoisotopic (exact) mass is 429 g/mol. The van der Waals surface area contributed by atoms with Gasteiger partial charge in [-0.1, -0.05) is 18.2 Å². The molecule has 1 aromatic heterocycles. The van der Waals surface area contributed by atoms with Gasteiger partial charge in [-0.05, 0) is 30.2 Å². The quantitative estimate of drug-likeness (QED) is 0.747. The van der Waals surface area contributed by atoms with Gasteiger partial charge in [0.2, 0.25) is 17.7 Å². The molecule has 30 heavy (non-hydrogen) atoms. The van der Waals surface area contributed by atoms with E-state index in [1.54, 1.807) is 23.2 Å². The maximum Gasteiger partial charge on any atom is 0.225 e. The average Bonchev–Trinajstić information content (AvgIpc) is 3.29. The predicted molar refractivity (Wildman–Crippen MR) is 109 cm³/mol. The first-order valence-electron chi connectivity index (χ1n) is 9.85. The van der Waals surface area contributed by atoms with E-state index in [0.29, 0.717) is 18.1 Å². The second kappa shape index (κ2) is 8.43. The zero-order chi connectivity index (χ0) is 21.1. The van der Waals surface area contributed by atoms with Gasteiger partial charge in [0.1, 0.15) is 5.75 Å². The highest BCUT2D eigenvalue weighted by molar-refractivity contribution is 7.91. The van der Waals surface area contributed by atoms with Crippen LogP contribution in [0.3, 0.4) is 0 Å². The number of aromatic nitrogens is 1. The lowest BCUT2D eigenvalue weighted by molar-refractivity contribution is -0.130. The first kappa shape index (κ1) is 20.3. The maximum atomic E-state index is 12.6. The summed E-state index contributed by atoms with van der Waals surface area (Å²) in [4.78, 5) is 30.6. The summed E-state index contributed by atoms with van der Waals surface area (Å²) in [7, 11) is -3.08. The molecule has 2 atom stereocenters. The van der Waals surface area contributed by atoms with Gasteiger partial charge in [0, 0.05) is 37.8 Å². The van der Waals surface area contributed by atoms with Crippen LogP contribution in [0.5, 0.6) is 11.6 Å². The zero-order valence-electron chi connectivity index (χ0n) is 16.4. The van der Waals surface area contributed by atoms with Crippen molar-refractivity contribution in [2.75, 3.05) is 18.1 Å². The number of amides is 2. The summed E-state index contributed by atoms with van der Waals surface area (Å²) >= 11 is 0. The molecule has 1 aromatic carbocycles. The average molecular weight is 429 g/mol. The van der Waals surface area contributed by atoms with Gasteiger partial charge in [-0.2, -0.15) is 0 Å². The van der Waals surface area contributed by atoms with Crippen molar-refractivity contribution >= 4 is 21.7 Å². The lowest BCUT2D eigenvalue weighted by Crippen LogP contribution is -2.39. The molecule has 2 aliphatic heterocycles. The third kappa shape index (κ3) is 4.79. The molecule has 0 spiro atoms. The molecule has 2 amide bonds. The Morgan fingerprint density at radius 3 is 2.77 bits per heavy atom. The van der Waals surface area contributed by atoms with Crippen molar-refractivity contribution < 1.29 is 22.7 Å². The molecule has 0 aliphatic carbocycles. The number of likely N-dealkylation sites (tertiary alicyclic amines) is 1. The van der Waals surface area contributed by atoms with E-state index in [9.17, 15) is 18.0 Å². The molecule has 3 heterocycles. The number of carbonyl (C=O) groups excluding carboxylic acids is 2. The van der Waals surface area contributed by atoms with E-state index in [-0.39, 0.29) is 48.9 Å². The highest BCUT2D eigenvalue weighted by Crippen LogP contribution is 2.26. The summed E-state index contributed by atoms with van der Waals surface area (Å²) in [6.45, 7) is 0.554. The number of nitrogens with zero attached hydrogens (tertiary/aromatic N) is 2. The Balaban J connectivity index is 1.32. The Hall–Kier alpha value is -2.94. The molecule has 8 nitrogen and oxygen atoms in total. The van der Waals surface area contributed by atoms with E-state index in [2.05, 4.69) is 10.3 Å². The minimum atomic E-state index is -3.08. The maximum absolute atomic E-state index is 12.6. The van der Waals surface area contributed by atoms with Crippen LogP contribution in [-0.4, -0.2) is 54.2 Å². The van der Waals surface area contributed by atoms with Crippen LogP contribution in [0.15, 0.2) is 48.7 Å². The molecular formula is C21H23N3O5S. The fraction of sp³-hybridized carbons (Fsp3) is 0.381. The Bertz CT molecular complexity index is 1040. The number of para-hydroxylation sites is 1. The van der Waals surface area contributed by atoms with Crippen molar-refractivity contribution in [1.29, 1.82) is 0 Å². The van der Waals surface area contributed by atoms with Crippen molar-refractivity contribution in [1.82, 2.24) is 15.2 Å². The summed E-state index contributed by atoms with van der Waals surface area (Å²) in [5, 5.41) is 2.86. The third-order valence-electron chi connectivity index (χ3n) is 5.41. The second-order valence-electron chi connectivity index (χ2n) is 7.64. The van der Waals surface area contributed by atoms with Gasteiger partial charge in [-0.25, -0.2) is 13.4 Å². The molecule has 2 fully saturated rings. The van der Waals surface area contributed by atoms with Crippen molar-refractivity contribution in [2.24, 2.45) is 5.92 Å². The van der Waals surface area contributed by atoms with Crippen molar-refractivity contribution in [2.45, 2.75) is 25.4 Å². The smallest absolute Gasteiger partial charge is 0.225 e. The molecule has 4 rings (SSSR count). The number of pyridine rings is 1. The molecule has 2 saturated heterocycles. The molecular weight excluding hydrogens is 406 g/mol. The second-order valence-corrected chi connectivity index (χ2v) is 9.87. The Morgan fingerprint density at radius 2 is 2.03 bits per heavy atom. The molecule has 0 saturated carbocycles. The Kier molecular flexibility index (Phi) is 5.72. The number of hydrogen-bond acceptors (Lipinski definition) is 6. The van der Waals surface area contributed by atoms with Crippen molar-refractivity contribution in [3.63, 3.8) is 0 Å². The number of ether oxygens (including phenoxy) is 1. The summed E-state index contributed by atoms with van der Waals surface area (Å²) in [6, 6.07) is 12.5. The minimum Gasteiger partial charge on any atom is -0.439 e. The normalized spacial score (nSPS) is 22.8. The summed E-state index contributed by atoms with van der Waals surface area (Å²) in [5.41, 5.74) is 0.826. The zero-order valence-corrected chi connectivity index (χ0v) is 17.2. The van der Waals surface area contributed by atoms with Gasteiger partial charge >= 0.3 is 0 Å². The van der Waals surface area contributed by atoms with Crippen LogP contribution in [-0.2, 0) is 26.0 Å². The number of carbonyl (C=O) groups is 2. The van der Waals surface area contributed by atoms with E-state index in [0.717, 1.165) is 5.56 Å². The SMILES string of the molecule is O=C(NCc1ccnc(Oc2ccccc2)c1)[C@@H]1CC(=O)N([C@H]2CCS(=O)(=O)C2)C1. The molecule has 2 aromatic rings. The van der Waals surface area contributed by atoms with Crippen LogP contribution in [0.4, 0.5) is 0 Å². The predicted octanol–water partition coefficient (Wildman–Crippen LogP) is 1.53. The van der Waals surface area contributed by atoms with Gasteiger partial charge in [0.05, 0.1) is 17.4 Å². The van der Waals surface area contributed by atoms with Gasteiger partial charge in [0.15, 0.2) is 9.84 Å². The van der Waals surface area contributed by atoms with Gasteiger partial charge in [0.25, 0.3) is 0 Å². The number of sulfone groups is 1. The fourth-order valence-corrected chi connectivity index (χ4v) is 5.57. The van der Waals surface area contributed by atoms with Crippen LogP contribution in [0.2, 0.25) is 0 Å². The lowest BCUT2D eigenvalue weighted by Gasteiger charge is -2.22. The van der Waals surface area contributed by atoms with E-state index < -0.39 is 15.8 Å². The molecule has 9 heteroatoms. The van der Waals surface area contributed by atoms with E-state index in [4.69, 9.17) is 4.74 Å². The van der Waals surface area contributed by atoms with Crippen LogP contribution in [0, 0.1) is 5.92 Å². The van der Waals surface area contributed by atoms with E-state index in [1.165, 1.54) is 0 Å². The van der Waals surface area contributed by atoms with Crippen molar-refractivity contribution in [3.8, 4) is 11.6 Å². The molecule has 0 bridgehead atoms. The number of benzene rings is 1. The number of rotatable bonds is 6. The molecule has 2 aliphatic rings. The first-order chi connectivity index (χ1) is 14.4. The standard InChI is InChI=1S/C21H23N3O5S/c25-20-11-16(13-24(20)17-7-9-30(27,28)14-17)21(26)23-12-15-6-8-22-19(10-15)29-18-4-2-1-3-5-18/h1-6,8,10,16-17H,7,9,11-14H2,(H,23,26)/t16-,17+/m1/s1. The lowest BCUT2D eigenvalue weighted by atomic mass is 10.1. The minimum absolute atomic E-state index is 0.00567. The highest BCUT2D eigenvalue weighted by Gasteiger charge is 2.41. The van der Waals surface area contributed by atoms with E-state index in [1.807, 2.05) is 30.3 Å². The van der Waals surface area contributed by atoms with Gasteiger partial charge in [-0.15, -0.1) is 0 Å². The summed E-state index contributed by atoms with van der Waals surface area (Å²) in [5.74, 6) is 0.362. The topological polar surface area (TPSA) is 106 Å². The number of hydrogen-bond donors (Lipinski definition) is 1. The van der Waals surface area contributed by atoms with Gasteiger partial charge in [-0.3, -0.25) is 9.59 Å². The summed E-state index contributed by atoms with van der Waals surface area (Å²) < 4.78 is 29.1. The van der Waals surface area contributed by atoms with Crippen LogP contribution in [0.25, 0.3) is 0 Å². The van der Waals surface area contributed by atoms with E-state index >= 15 is 0 Å². The fourth-order valence-electron chi connectivity index (χ4n) is 3.84. The molecule has 0 radical (unpaired) electrons. The third-order valence-corrected chi connectivity index (χ3v) is 7.16. The molecule has 158 valence electrons. The van der Waals surface area contributed by atoms with Crippen LogP contribution in [0.1, 0.15) is 18.4 Å².